The van der Waals surface area contributed by atoms with Crippen molar-refractivity contribution in [1.29, 1.82) is 0 Å². The Labute approximate surface area is 213 Å². The Bertz CT molecular complexity index is 1500. The number of hydrogen-bond donors (Lipinski definition) is 2. The lowest BCUT2D eigenvalue weighted by molar-refractivity contribution is -0.115. The minimum absolute atomic E-state index is 0.0261. The molecule has 1 heterocycles. The van der Waals surface area contributed by atoms with Crippen molar-refractivity contribution < 1.29 is 18.0 Å². The number of sulfonamides is 1. The Balaban J connectivity index is 1.33. The van der Waals surface area contributed by atoms with Crippen molar-refractivity contribution in [2.24, 2.45) is 0 Å². The predicted octanol–water partition coefficient (Wildman–Crippen LogP) is 4.66. The Morgan fingerprint density at radius 1 is 0.889 bits per heavy atom. The molecule has 1 fully saturated rings. The summed E-state index contributed by atoms with van der Waals surface area (Å²) in [5.41, 5.74) is 2.51. The summed E-state index contributed by atoms with van der Waals surface area (Å²) in [6, 6.07) is 24.6. The largest absolute Gasteiger partial charge is 0.302 e. The molecule has 3 aromatic carbocycles. The molecule has 7 nitrogen and oxygen atoms in total. The fraction of sp³-hybridized carbons (Fsp3) is 0.148. The number of benzene rings is 3. The van der Waals surface area contributed by atoms with Crippen LogP contribution in [0, 0.1) is 0 Å². The summed E-state index contributed by atoms with van der Waals surface area (Å²) < 4.78 is 27.3. The summed E-state index contributed by atoms with van der Waals surface area (Å²) in [7, 11) is -3.54. The zero-order chi connectivity index (χ0) is 25.1. The van der Waals surface area contributed by atoms with E-state index in [1.165, 1.54) is 12.1 Å². The summed E-state index contributed by atoms with van der Waals surface area (Å²) in [5, 5.41) is 3.12. The van der Waals surface area contributed by atoms with Crippen molar-refractivity contribution in [2.75, 3.05) is 5.32 Å². The number of aromatic nitrogens is 1. The van der Waals surface area contributed by atoms with Crippen LogP contribution in [-0.2, 0) is 21.2 Å². The Morgan fingerprint density at radius 3 is 2.17 bits per heavy atom. The van der Waals surface area contributed by atoms with Gasteiger partial charge in [0, 0.05) is 17.2 Å². The van der Waals surface area contributed by atoms with Crippen molar-refractivity contribution in [3.05, 3.63) is 101 Å². The molecule has 1 saturated carbocycles. The molecule has 182 valence electrons. The van der Waals surface area contributed by atoms with Gasteiger partial charge in [0.1, 0.15) is 4.88 Å². The number of amides is 1. The van der Waals surface area contributed by atoms with Crippen LogP contribution in [0.15, 0.2) is 89.8 Å². The van der Waals surface area contributed by atoms with E-state index in [9.17, 15) is 18.0 Å². The molecule has 1 aliphatic carbocycles. The second kappa shape index (κ2) is 10.1. The van der Waals surface area contributed by atoms with Gasteiger partial charge in [-0.25, -0.2) is 18.1 Å². The molecular weight excluding hydrogens is 494 g/mol. The van der Waals surface area contributed by atoms with Crippen LogP contribution in [0.2, 0.25) is 0 Å². The lowest BCUT2D eigenvalue weighted by atomic mass is 10.1. The molecule has 5 rings (SSSR count). The first-order valence-corrected chi connectivity index (χ1v) is 13.8. The van der Waals surface area contributed by atoms with E-state index in [1.807, 2.05) is 36.4 Å². The molecule has 2 N–H and O–H groups in total. The monoisotopic (exact) mass is 517 g/mol. The lowest BCUT2D eigenvalue weighted by Gasteiger charge is -2.07. The molecule has 1 aromatic heterocycles. The first-order chi connectivity index (χ1) is 17.4. The van der Waals surface area contributed by atoms with Crippen LogP contribution < -0.4 is 10.0 Å². The average Bonchev–Trinajstić information content (AvgIpc) is 3.60. The van der Waals surface area contributed by atoms with E-state index in [-0.39, 0.29) is 29.0 Å². The highest BCUT2D eigenvalue weighted by atomic mass is 32.2. The van der Waals surface area contributed by atoms with Crippen molar-refractivity contribution in [2.45, 2.75) is 30.2 Å². The van der Waals surface area contributed by atoms with Gasteiger partial charge in [0.2, 0.25) is 21.7 Å². The van der Waals surface area contributed by atoms with Crippen molar-refractivity contribution in [3.63, 3.8) is 0 Å². The molecule has 1 amide bonds. The minimum atomic E-state index is -3.54. The Hall–Kier alpha value is -3.66. The molecule has 4 aromatic rings. The number of thiazole rings is 1. The molecule has 1 aliphatic rings. The number of anilines is 1. The fourth-order valence-corrected chi connectivity index (χ4v) is 5.93. The molecule has 0 saturated heterocycles. The van der Waals surface area contributed by atoms with Crippen LogP contribution in [0.1, 0.15) is 33.6 Å². The quantitative estimate of drug-likeness (QED) is 0.314. The molecule has 0 radical (unpaired) electrons. The first kappa shape index (κ1) is 24.1. The molecule has 0 atom stereocenters. The normalized spacial score (nSPS) is 13.3. The summed E-state index contributed by atoms with van der Waals surface area (Å²) in [4.78, 5) is 31.2. The van der Waals surface area contributed by atoms with Gasteiger partial charge in [-0.05, 0) is 30.5 Å². The predicted molar refractivity (Wildman–Crippen MR) is 140 cm³/mol. The fourth-order valence-electron chi connectivity index (χ4n) is 3.66. The number of carbonyl (C=O) groups is 2. The maximum atomic E-state index is 13.2. The second-order valence-electron chi connectivity index (χ2n) is 8.52. The van der Waals surface area contributed by atoms with Crippen molar-refractivity contribution >= 4 is 38.2 Å². The average molecular weight is 518 g/mol. The first-order valence-electron chi connectivity index (χ1n) is 11.5. The molecule has 0 aliphatic heterocycles. The molecule has 0 spiro atoms. The van der Waals surface area contributed by atoms with Gasteiger partial charge in [0.25, 0.3) is 0 Å². The summed E-state index contributed by atoms with van der Waals surface area (Å²) >= 11 is 1.13. The van der Waals surface area contributed by atoms with Gasteiger partial charge >= 0.3 is 0 Å². The van der Waals surface area contributed by atoms with Gasteiger partial charge in [-0.3, -0.25) is 9.59 Å². The number of hydrogen-bond acceptors (Lipinski definition) is 6. The molecular formula is C27H23N3O4S2. The molecule has 0 unspecified atom stereocenters. The highest BCUT2D eigenvalue weighted by Crippen LogP contribution is 2.33. The maximum absolute atomic E-state index is 13.2. The summed E-state index contributed by atoms with van der Waals surface area (Å²) in [5.74, 6) is -0.474. The zero-order valence-corrected chi connectivity index (χ0v) is 20.8. The number of rotatable bonds is 9. The van der Waals surface area contributed by atoms with Crippen LogP contribution in [0.3, 0.4) is 0 Å². The zero-order valence-electron chi connectivity index (χ0n) is 19.2. The minimum Gasteiger partial charge on any atom is -0.302 e. The SMILES string of the molecule is O=C(Cc1ccc(S(=O)(=O)NC2CC2)cc1)Nc1nc(-c2ccccc2)c(C(=O)c2ccccc2)s1. The van der Waals surface area contributed by atoms with Crippen LogP contribution in [0.25, 0.3) is 11.3 Å². The number of ketones is 1. The maximum Gasteiger partial charge on any atom is 0.240 e. The van der Waals surface area contributed by atoms with E-state index in [2.05, 4.69) is 15.0 Å². The topological polar surface area (TPSA) is 105 Å². The van der Waals surface area contributed by atoms with Crippen molar-refractivity contribution in [3.8, 4) is 11.3 Å². The third kappa shape index (κ3) is 5.59. The highest BCUT2D eigenvalue weighted by molar-refractivity contribution is 7.89. The lowest BCUT2D eigenvalue weighted by Crippen LogP contribution is -2.25. The van der Waals surface area contributed by atoms with E-state index in [1.54, 1.807) is 36.4 Å². The van der Waals surface area contributed by atoms with Gasteiger partial charge in [-0.1, -0.05) is 84.1 Å². The molecule has 36 heavy (non-hydrogen) atoms. The number of nitrogens with one attached hydrogen (secondary N) is 2. The van der Waals surface area contributed by atoms with Crippen LogP contribution >= 0.6 is 11.3 Å². The third-order valence-electron chi connectivity index (χ3n) is 5.66. The van der Waals surface area contributed by atoms with E-state index in [4.69, 9.17) is 0 Å². The molecule has 9 heteroatoms. The standard InChI is InChI=1S/C27H23N3O4S2/c31-23(17-18-11-15-22(16-12-18)36(33,34)30-21-13-14-21)28-27-29-24(19-7-3-1-4-8-19)26(35-27)25(32)20-9-5-2-6-10-20/h1-12,15-16,21,30H,13-14,17H2,(H,28,29,31). The van der Waals surface area contributed by atoms with Gasteiger partial charge in [0.15, 0.2) is 5.13 Å². The van der Waals surface area contributed by atoms with Gasteiger partial charge in [0.05, 0.1) is 17.0 Å². The number of carbonyl (C=O) groups excluding carboxylic acids is 2. The van der Waals surface area contributed by atoms with Crippen molar-refractivity contribution in [1.82, 2.24) is 9.71 Å². The van der Waals surface area contributed by atoms with E-state index >= 15 is 0 Å². The number of nitrogens with zero attached hydrogens (tertiary/aromatic N) is 1. The highest BCUT2D eigenvalue weighted by Gasteiger charge is 2.28. The summed E-state index contributed by atoms with van der Waals surface area (Å²) in [6.07, 6.45) is 1.76. The second-order valence-corrected chi connectivity index (χ2v) is 11.2. The van der Waals surface area contributed by atoms with E-state index < -0.39 is 10.0 Å². The Morgan fingerprint density at radius 2 is 1.53 bits per heavy atom. The summed E-state index contributed by atoms with van der Waals surface area (Å²) in [6.45, 7) is 0. The van der Waals surface area contributed by atoms with E-state index in [0.717, 1.165) is 29.7 Å². The van der Waals surface area contributed by atoms with Crippen LogP contribution in [0.5, 0.6) is 0 Å². The van der Waals surface area contributed by atoms with Gasteiger partial charge < -0.3 is 5.32 Å². The third-order valence-corrected chi connectivity index (χ3v) is 8.17. The Kier molecular flexibility index (Phi) is 6.77. The van der Waals surface area contributed by atoms with Crippen LogP contribution in [0.4, 0.5) is 5.13 Å². The van der Waals surface area contributed by atoms with Crippen LogP contribution in [-0.4, -0.2) is 31.1 Å². The van der Waals surface area contributed by atoms with Gasteiger partial charge in [-0.2, -0.15) is 0 Å². The molecule has 0 bridgehead atoms. The van der Waals surface area contributed by atoms with Gasteiger partial charge in [-0.15, -0.1) is 0 Å². The smallest absolute Gasteiger partial charge is 0.240 e. The van der Waals surface area contributed by atoms with E-state index in [0.29, 0.717) is 26.8 Å².